The van der Waals surface area contributed by atoms with Crippen LogP contribution in [0.25, 0.3) is 0 Å². The van der Waals surface area contributed by atoms with Crippen molar-refractivity contribution in [3.63, 3.8) is 0 Å². The van der Waals surface area contributed by atoms with Crippen LogP contribution < -0.4 is 23.2 Å². The molecule has 8 N–H and O–H groups in total. The first kappa shape index (κ1) is 9.15. The van der Waals surface area contributed by atoms with Gasteiger partial charge in [-0.25, -0.2) is 5.84 Å². The van der Waals surface area contributed by atoms with Gasteiger partial charge in [0.2, 0.25) is 0 Å². The number of hydrogen-bond donors (Lipinski definition) is 4. The lowest BCUT2D eigenvalue weighted by Gasteiger charge is -1.85. The topological polar surface area (TPSA) is 99.1 Å². The molecule has 0 unspecified atom stereocenters. The van der Waals surface area contributed by atoms with Gasteiger partial charge in [0.05, 0.1) is 0 Å². The van der Waals surface area contributed by atoms with Crippen molar-refractivity contribution in [2.24, 2.45) is 11.6 Å². The van der Waals surface area contributed by atoms with Gasteiger partial charge in [0.25, 0.3) is 0 Å². The third-order valence-corrected chi connectivity index (χ3v) is 0.260. The summed E-state index contributed by atoms with van der Waals surface area (Å²) in [6, 6.07) is 0. The maximum atomic E-state index is 4.79. The molecular weight excluding hydrogens is 100 g/mol. The minimum atomic E-state index is 0. The van der Waals surface area contributed by atoms with Gasteiger partial charge in [0.1, 0.15) is 0 Å². The van der Waals surface area contributed by atoms with E-state index in [1.54, 1.807) is 0 Å². The van der Waals surface area contributed by atoms with Crippen molar-refractivity contribution in [1.82, 2.24) is 11.6 Å². The number of hydrazine groups is 1. The highest BCUT2D eigenvalue weighted by Crippen LogP contribution is 1.40. The molecule has 4 nitrogen and oxygen atoms in total. The van der Waals surface area contributed by atoms with E-state index in [1.165, 1.54) is 0 Å². The second-order valence-corrected chi connectivity index (χ2v) is 0.948. The lowest BCUT2D eigenvalue weighted by atomic mass is 11.2. The first-order valence-corrected chi connectivity index (χ1v) is 1.44. The third kappa shape index (κ3) is 9.49. The SMILES string of the molecule is N.NNC(N)=S. The van der Waals surface area contributed by atoms with Crippen LogP contribution in [0, 0.1) is 0 Å². The van der Waals surface area contributed by atoms with E-state index in [0.717, 1.165) is 0 Å². The molecule has 0 aliphatic rings. The maximum Gasteiger partial charge on any atom is 0.177 e. The van der Waals surface area contributed by atoms with Crippen LogP contribution in [-0.4, -0.2) is 5.11 Å². The van der Waals surface area contributed by atoms with Gasteiger partial charge in [-0.1, -0.05) is 0 Å². The zero-order valence-corrected chi connectivity index (χ0v) is 4.09. The fourth-order valence-corrected chi connectivity index (χ4v) is 0. The van der Waals surface area contributed by atoms with E-state index in [1.807, 2.05) is 5.43 Å². The maximum absolute atomic E-state index is 4.79. The third-order valence-electron chi connectivity index (χ3n) is 0.142. The molecule has 0 saturated carbocycles. The summed E-state index contributed by atoms with van der Waals surface area (Å²) >= 11 is 4.24. The summed E-state index contributed by atoms with van der Waals surface area (Å²) in [5.41, 5.74) is 6.82. The van der Waals surface area contributed by atoms with E-state index in [4.69, 9.17) is 5.73 Å². The average molecular weight is 108 g/mol. The van der Waals surface area contributed by atoms with Gasteiger partial charge in [0, 0.05) is 0 Å². The van der Waals surface area contributed by atoms with Gasteiger partial charge in [-0.15, -0.1) is 0 Å². The summed E-state index contributed by atoms with van der Waals surface area (Å²) < 4.78 is 0. The van der Waals surface area contributed by atoms with Gasteiger partial charge in [-0.2, -0.15) is 0 Å². The van der Waals surface area contributed by atoms with Crippen LogP contribution in [0.5, 0.6) is 0 Å². The van der Waals surface area contributed by atoms with Gasteiger partial charge in [-0.3, -0.25) is 0 Å². The summed E-state index contributed by atoms with van der Waals surface area (Å²) in [5, 5.41) is 0.116. The molecule has 0 aliphatic heterocycles. The molecule has 0 rings (SSSR count). The van der Waals surface area contributed by atoms with E-state index in [0.29, 0.717) is 0 Å². The van der Waals surface area contributed by atoms with E-state index in [-0.39, 0.29) is 11.3 Å². The Kier molecular flexibility index (Phi) is 7.03. The van der Waals surface area contributed by atoms with Crippen LogP contribution in [-0.2, 0) is 0 Å². The van der Waals surface area contributed by atoms with Crippen LogP contribution >= 0.6 is 12.2 Å². The second-order valence-electron chi connectivity index (χ2n) is 0.509. The first-order chi connectivity index (χ1) is 2.27. The highest BCUT2D eigenvalue weighted by atomic mass is 32.1. The smallest absolute Gasteiger partial charge is 0.177 e. The van der Waals surface area contributed by atoms with Crippen molar-refractivity contribution >= 4 is 17.3 Å². The fraction of sp³-hybridized carbons (Fsp3) is 0. The molecule has 0 bridgehead atoms. The summed E-state index contributed by atoms with van der Waals surface area (Å²) in [4.78, 5) is 0. The lowest BCUT2D eigenvalue weighted by molar-refractivity contribution is 1.03. The number of thiocarbonyl (C=S) groups is 1. The summed E-state index contributed by atoms with van der Waals surface area (Å²) in [5.74, 6) is 4.66. The van der Waals surface area contributed by atoms with E-state index in [2.05, 4.69) is 18.1 Å². The minimum absolute atomic E-state index is 0. The number of rotatable bonds is 0. The molecule has 0 spiro atoms. The van der Waals surface area contributed by atoms with E-state index < -0.39 is 0 Å². The Bertz CT molecular complexity index is 42.8. The number of nitrogens with one attached hydrogen (secondary N) is 1. The van der Waals surface area contributed by atoms with Gasteiger partial charge < -0.3 is 17.3 Å². The predicted molar refractivity (Wildman–Crippen MR) is 29.1 cm³/mol. The molecule has 0 atom stereocenters. The van der Waals surface area contributed by atoms with Crippen molar-refractivity contribution in [1.29, 1.82) is 0 Å². The molecule has 0 heterocycles. The molecule has 0 aromatic rings. The van der Waals surface area contributed by atoms with Crippen molar-refractivity contribution in [3.05, 3.63) is 0 Å². The van der Waals surface area contributed by atoms with E-state index in [9.17, 15) is 0 Å². The van der Waals surface area contributed by atoms with E-state index >= 15 is 0 Å². The normalized spacial score (nSPS) is 5.50. The first-order valence-electron chi connectivity index (χ1n) is 1.03. The summed E-state index contributed by atoms with van der Waals surface area (Å²) in [6.07, 6.45) is 0. The molecule has 0 aromatic carbocycles. The Morgan fingerprint density at radius 3 is 1.83 bits per heavy atom. The Balaban J connectivity index is 0. The Labute approximate surface area is 41.4 Å². The molecule has 38 valence electrons. The predicted octanol–water partition coefficient (Wildman–Crippen LogP) is -1.14. The molecule has 5 heteroatoms. The fourth-order valence-electron chi connectivity index (χ4n) is 0. The van der Waals surface area contributed by atoms with Crippen LogP contribution in [0.2, 0.25) is 0 Å². The largest absolute Gasteiger partial charge is 0.375 e. The molecule has 0 aromatic heterocycles. The van der Waals surface area contributed by atoms with Crippen LogP contribution in [0.4, 0.5) is 0 Å². The highest BCUT2D eigenvalue weighted by Gasteiger charge is 1.66. The van der Waals surface area contributed by atoms with Gasteiger partial charge in [-0.05, 0) is 12.2 Å². The molecule has 0 radical (unpaired) electrons. The standard InChI is InChI=1S/CH5N3S.H3N/c2-1(5)4-3;/h3H2,(H3,2,4,5);1H3. The van der Waals surface area contributed by atoms with Crippen molar-refractivity contribution < 1.29 is 0 Å². The van der Waals surface area contributed by atoms with Crippen LogP contribution in [0.1, 0.15) is 0 Å². The molecular formula is CH8N4S. The van der Waals surface area contributed by atoms with Gasteiger partial charge >= 0.3 is 0 Å². The van der Waals surface area contributed by atoms with Crippen LogP contribution in [0.15, 0.2) is 0 Å². The van der Waals surface area contributed by atoms with Crippen molar-refractivity contribution in [2.45, 2.75) is 0 Å². The van der Waals surface area contributed by atoms with Crippen molar-refractivity contribution in [3.8, 4) is 0 Å². The Morgan fingerprint density at radius 2 is 1.83 bits per heavy atom. The highest BCUT2D eigenvalue weighted by molar-refractivity contribution is 7.80. The molecule has 0 fully saturated rings. The Hall–Kier alpha value is -0.390. The minimum Gasteiger partial charge on any atom is -0.375 e. The van der Waals surface area contributed by atoms with Crippen LogP contribution in [0.3, 0.4) is 0 Å². The van der Waals surface area contributed by atoms with Gasteiger partial charge in [0.15, 0.2) is 5.11 Å². The molecule has 0 saturated heterocycles. The number of hydrogen-bond acceptors (Lipinski definition) is 3. The average Bonchev–Trinajstić information content (AvgIpc) is 1.38. The molecule has 0 aliphatic carbocycles. The monoisotopic (exact) mass is 108 g/mol. The second kappa shape index (κ2) is 4.61. The quantitative estimate of drug-likeness (QED) is 0.178. The lowest BCUT2D eigenvalue weighted by Crippen LogP contribution is -2.34. The number of nitrogens with two attached hydrogens (primary N) is 2. The molecule has 0 amide bonds. The summed E-state index contributed by atoms with van der Waals surface area (Å²) in [6.45, 7) is 0. The zero-order chi connectivity index (χ0) is 4.28. The summed E-state index contributed by atoms with van der Waals surface area (Å²) in [7, 11) is 0. The zero-order valence-electron chi connectivity index (χ0n) is 3.27. The van der Waals surface area contributed by atoms with Crippen molar-refractivity contribution in [2.75, 3.05) is 0 Å². The Morgan fingerprint density at radius 1 is 1.67 bits per heavy atom. The molecule has 6 heavy (non-hydrogen) atoms.